The zero-order valence-electron chi connectivity index (χ0n) is 18.0. The lowest BCUT2D eigenvalue weighted by Gasteiger charge is -2.12. The van der Waals surface area contributed by atoms with Crippen molar-refractivity contribution in [2.24, 2.45) is 5.92 Å². The summed E-state index contributed by atoms with van der Waals surface area (Å²) >= 11 is 1.03. The van der Waals surface area contributed by atoms with Crippen LogP contribution in [0.25, 0.3) is 11.3 Å². The number of hydrogen-bond acceptors (Lipinski definition) is 5. The SMILES string of the molecule is Cc1sc(=O)n(CC(=O)Nc2cccc(NC(=O)OCC(C)C)c2)c1-c1ccc(F)cc1. The molecular weight excluding hydrogens is 433 g/mol. The number of nitrogens with zero attached hydrogens (tertiary/aromatic N) is 1. The molecule has 9 heteroatoms. The van der Waals surface area contributed by atoms with Gasteiger partial charge >= 0.3 is 11.0 Å². The summed E-state index contributed by atoms with van der Waals surface area (Å²) in [4.78, 5) is 37.4. The third kappa shape index (κ3) is 6.04. The number of hydrogen-bond donors (Lipinski definition) is 2. The van der Waals surface area contributed by atoms with Crippen LogP contribution in [0.1, 0.15) is 18.7 Å². The molecule has 3 rings (SSSR count). The molecule has 3 aromatic rings. The highest BCUT2D eigenvalue weighted by atomic mass is 32.1. The number of aryl methyl sites for hydroxylation is 1. The van der Waals surface area contributed by atoms with Crippen LogP contribution in [0.4, 0.5) is 20.6 Å². The molecule has 7 nitrogen and oxygen atoms in total. The topological polar surface area (TPSA) is 89.4 Å². The van der Waals surface area contributed by atoms with Crippen molar-refractivity contribution >= 4 is 34.7 Å². The maximum Gasteiger partial charge on any atom is 0.411 e. The molecule has 0 bridgehead atoms. The van der Waals surface area contributed by atoms with E-state index in [4.69, 9.17) is 4.74 Å². The van der Waals surface area contributed by atoms with Gasteiger partial charge in [0.2, 0.25) is 5.91 Å². The van der Waals surface area contributed by atoms with E-state index in [0.717, 1.165) is 16.2 Å². The predicted molar refractivity (Wildman–Crippen MR) is 124 cm³/mol. The lowest BCUT2D eigenvalue weighted by Crippen LogP contribution is -2.25. The van der Waals surface area contributed by atoms with Crippen LogP contribution in [0.15, 0.2) is 53.3 Å². The van der Waals surface area contributed by atoms with Crippen LogP contribution in [0, 0.1) is 18.7 Å². The number of amides is 2. The molecule has 0 aliphatic rings. The molecule has 2 N–H and O–H groups in total. The Morgan fingerprint density at radius 1 is 1.09 bits per heavy atom. The van der Waals surface area contributed by atoms with Crippen LogP contribution in [-0.4, -0.2) is 23.2 Å². The van der Waals surface area contributed by atoms with Gasteiger partial charge in [0, 0.05) is 16.3 Å². The lowest BCUT2D eigenvalue weighted by molar-refractivity contribution is -0.116. The Kier molecular flexibility index (Phi) is 7.42. The molecule has 0 aliphatic heterocycles. The van der Waals surface area contributed by atoms with Crippen molar-refractivity contribution in [1.29, 1.82) is 0 Å². The number of carbonyl (C=O) groups is 2. The fourth-order valence-corrected chi connectivity index (χ4v) is 3.89. The first kappa shape index (κ1) is 23.2. The molecule has 2 amide bonds. The van der Waals surface area contributed by atoms with Gasteiger partial charge in [0.25, 0.3) is 0 Å². The molecule has 0 atom stereocenters. The van der Waals surface area contributed by atoms with E-state index < -0.39 is 12.0 Å². The summed E-state index contributed by atoms with van der Waals surface area (Å²) in [5.41, 5.74) is 2.16. The van der Waals surface area contributed by atoms with Crippen LogP contribution in [0.2, 0.25) is 0 Å². The summed E-state index contributed by atoms with van der Waals surface area (Å²) in [7, 11) is 0. The number of rotatable bonds is 7. The van der Waals surface area contributed by atoms with Crippen LogP contribution in [0.5, 0.6) is 0 Å². The molecule has 1 aromatic heterocycles. The van der Waals surface area contributed by atoms with Crippen molar-refractivity contribution in [1.82, 2.24) is 4.57 Å². The molecular formula is C23H24FN3O4S. The minimum atomic E-state index is -0.577. The molecule has 32 heavy (non-hydrogen) atoms. The third-order valence-electron chi connectivity index (χ3n) is 4.42. The molecule has 168 valence electrons. The Labute approximate surface area is 188 Å². The standard InChI is InChI=1S/C23H24FN3O4S/c1-14(2)13-31-22(29)26-19-6-4-5-18(11-19)25-20(28)12-27-21(15(3)32-23(27)30)16-7-9-17(24)10-8-16/h4-11,14H,12-13H2,1-3H3,(H,25,28)(H,26,29). The van der Waals surface area contributed by atoms with Gasteiger partial charge in [0.1, 0.15) is 12.4 Å². The maximum atomic E-state index is 13.3. The van der Waals surface area contributed by atoms with E-state index in [1.807, 2.05) is 13.8 Å². The summed E-state index contributed by atoms with van der Waals surface area (Å²) in [5.74, 6) is -0.571. The Hall–Kier alpha value is -3.46. The van der Waals surface area contributed by atoms with Gasteiger partial charge in [0.15, 0.2) is 0 Å². The summed E-state index contributed by atoms with van der Waals surface area (Å²) in [6.07, 6.45) is -0.577. The van der Waals surface area contributed by atoms with Crippen molar-refractivity contribution in [3.8, 4) is 11.3 Å². The van der Waals surface area contributed by atoms with Crippen molar-refractivity contribution in [2.75, 3.05) is 17.2 Å². The fraction of sp³-hybridized carbons (Fsp3) is 0.261. The highest BCUT2D eigenvalue weighted by Crippen LogP contribution is 2.25. The second-order valence-corrected chi connectivity index (χ2v) is 8.78. The molecule has 0 radical (unpaired) electrons. The Morgan fingerprint density at radius 2 is 1.75 bits per heavy atom. The van der Waals surface area contributed by atoms with Gasteiger partial charge in [-0.15, -0.1) is 0 Å². The smallest absolute Gasteiger partial charge is 0.411 e. The van der Waals surface area contributed by atoms with Gasteiger partial charge in [-0.2, -0.15) is 0 Å². The van der Waals surface area contributed by atoms with Crippen LogP contribution >= 0.6 is 11.3 Å². The lowest BCUT2D eigenvalue weighted by atomic mass is 10.1. The first-order valence-corrected chi connectivity index (χ1v) is 10.8. The number of halogens is 1. The van der Waals surface area contributed by atoms with Crippen molar-refractivity contribution in [3.05, 3.63) is 68.9 Å². The first-order chi connectivity index (χ1) is 15.2. The molecule has 0 fully saturated rings. The fourth-order valence-electron chi connectivity index (χ4n) is 3.04. The molecule has 0 unspecified atom stereocenters. The minimum Gasteiger partial charge on any atom is -0.449 e. The largest absolute Gasteiger partial charge is 0.449 e. The quantitative estimate of drug-likeness (QED) is 0.530. The van der Waals surface area contributed by atoms with Gasteiger partial charge in [0.05, 0.1) is 12.3 Å². The summed E-state index contributed by atoms with van der Waals surface area (Å²) in [5, 5.41) is 5.34. The van der Waals surface area contributed by atoms with E-state index in [0.29, 0.717) is 29.2 Å². The molecule has 1 heterocycles. The van der Waals surface area contributed by atoms with Gasteiger partial charge in [-0.3, -0.25) is 19.5 Å². The highest BCUT2D eigenvalue weighted by Gasteiger charge is 2.17. The van der Waals surface area contributed by atoms with E-state index in [1.165, 1.54) is 16.7 Å². The average Bonchev–Trinajstić information content (AvgIpc) is 3.00. The number of nitrogens with one attached hydrogen (secondary N) is 2. The molecule has 2 aromatic carbocycles. The Bertz CT molecular complexity index is 1170. The maximum absolute atomic E-state index is 13.3. The summed E-state index contributed by atoms with van der Waals surface area (Å²) in [6, 6.07) is 12.4. The van der Waals surface area contributed by atoms with Crippen LogP contribution < -0.4 is 15.5 Å². The third-order valence-corrected chi connectivity index (χ3v) is 5.32. The van der Waals surface area contributed by atoms with Gasteiger partial charge in [-0.25, -0.2) is 9.18 Å². The number of ether oxygens (including phenoxy) is 1. The van der Waals surface area contributed by atoms with Crippen molar-refractivity contribution < 1.29 is 18.7 Å². The molecule has 0 spiro atoms. The van der Waals surface area contributed by atoms with E-state index >= 15 is 0 Å². The molecule has 0 saturated carbocycles. The van der Waals surface area contributed by atoms with E-state index in [-0.39, 0.29) is 23.2 Å². The van der Waals surface area contributed by atoms with Crippen molar-refractivity contribution in [3.63, 3.8) is 0 Å². The van der Waals surface area contributed by atoms with Crippen molar-refractivity contribution in [2.45, 2.75) is 27.3 Å². The number of thiazole rings is 1. The van der Waals surface area contributed by atoms with Gasteiger partial charge in [-0.05, 0) is 60.9 Å². The summed E-state index contributed by atoms with van der Waals surface area (Å²) < 4.78 is 19.7. The zero-order chi connectivity index (χ0) is 23.3. The van der Waals surface area contributed by atoms with Gasteiger partial charge < -0.3 is 10.1 Å². The van der Waals surface area contributed by atoms with E-state index in [1.54, 1.807) is 43.3 Å². The average molecular weight is 458 g/mol. The van der Waals surface area contributed by atoms with Gasteiger partial charge in [-0.1, -0.05) is 31.3 Å². The monoisotopic (exact) mass is 457 g/mol. The van der Waals surface area contributed by atoms with E-state index in [2.05, 4.69) is 10.6 Å². The Balaban J connectivity index is 1.71. The van der Waals surface area contributed by atoms with Crippen LogP contribution in [0.3, 0.4) is 0 Å². The second-order valence-electron chi connectivity index (χ2n) is 7.61. The number of aromatic nitrogens is 1. The molecule has 0 aliphatic carbocycles. The second kappa shape index (κ2) is 10.2. The zero-order valence-corrected chi connectivity index (χ0v) is 18.8. The normalized spacial score (nSPS) is 10.8. The minimum absolute atomic E-state index is 0.204. The number of benzene rings is 2. The first-order valence-electron chi connectivity index (χ1n) is 10.0. The number of anilines is 2. The Morgan fingerprint density at radius 3 is 2.41 bits per heavy atom. The molecule has 0 saturated heterocycles. The highest BCUT2D eigenvalue weighted by molar-refractivity contribution is 7.09. The number of carbonyl (C=O) groups excluding carboxylic acids is 2. The summed E-state index contributed by atoms with van der Waals surface area (Å²) in [6.45, 7) is 5.75. The predicted octanol–water partition coefficient (Wildman–Crippen LogP) is 4.87. The van der Waals surface area contributed by atoms with Crippen LogP contribution in [-0.2, 0) is 16.1 Å². The van der Waals surface area contributed by atoms with E-state index in [9.17, 15) is 18.8 Å².